The monoisotopic (exact) mass is 505 g/mol. The van der Waals surface area contributed by atoms with Crippen molar-refractivity contribution in [3.05, 3.63) is 94.5 Å². The Bertz CT molecular complexity index is 1030. The lowest BCUT2D eigenvalue weighted by Gasteiger charge is -2.21. The summed E-state index contributed by atoms with van der Waals surface area (Å²) in [5, 5.41) is 23.7. The molecule has 8 heteroatoms. The average Bonchev–Trinajstić information content (AvgIpc) is 2.83. The number of rotatable bonds is 11. The molecule has 0 aliphatic carbocycles. The van der Waals surface area contributed by atoms with Crippen LogP contribution in [0.4, 0.5) is 0 Å². The summed E-state index contributed by atoms with van der Waals surface area (Å²) in [6.45, 7) is 2.52. The summed E-state index contributed by atoms with van der Waals surface area (Å²) in [7, 11) is 0. The van der Waals surface area contributed by atoms with E-state index in [1.54, 1.807) is 36.4 Å². The van der Waals surface area contributed by atoms with Crippen molar-refractivity contribution in [3.63, 3.8) is 0 Å². The molecule has 0 aromatic heterocycles. The third-order valence-electron chi connectivity index (χ3n) is 5.19. The lowest BCUT2D eigenvalue weighted by atomic mass is 10.0. The zero-order valence-corrected chi connectivity index (χ0v) is 20.4. The molecule has 6 nitrogen and oxygen atoms in total. The van der Waals surface area contributed by atoms with E-state index in [1.807, 2.05) is 43.3 Å². The quantitative estimate of drug-likeness (QED) is 0.323. The Kier molecular flexibility index (Phi) is 11.2. The Hall–Kier alpha value is -2.77. The van der Waals surface area contributed by atoms with Gasteiger partial charge in [0.2, 0.25) is 0 Å². The fourth-order valence-corrected chi connectivity index (χ4v) is 3.51. The van der Waals surface area contributed by atoms with E-state index in [9.17, 15) is 15.0 Å². The zero-order chi connectivity index (χ0) is 23.6. The van der Waals surface area contributed by atoms with Gasteiger partial charge in [0, 0.05) is 11.1 Å². The molecule has 0 spiro atoms. The van der Waals surface area contributed by atoms with Gasteiger partial charge in [-0.1, -0.05) is 60.1 Å². The molecular formula is C26H29Cl2NO5. The summed E-state index contributed by atoms with van der Waals surface area (Å²) >= 11 is 6.38. The fourth-order valence-electron chi connectivity index (χ4n) is 3.25. The highest BCUT2D eigenvalue weighted by molar-refractivity contribution is 6.31. The molecule has 3 aromatic carbocycles. The molecule has 0 aliphatic rings. The average molecular weight is 506 g/mol. The van der Waals surface area contributed by atoms with Crippen molar-refractivity contribution >= 4 is 30.0 Å². The van der Waals surface area contributed by atoms with E-state index < -0.39 is 12.1 Å². The number of esters is 1. The minimum atomic E-state index is -0.696. The normalized spacial score (nSPS) is 12.3. The molecular weight excluding hydrogens is 477 g/mol. The molecule has 3 rings (SSSR count). The third kappa shape index (κ3) is 8.54. The maximum Gasteiger partial charge on any atom is 0.344 e. The number of hydrogen-bond donors (Lipinski definition) is 3. The number of phenols is 1. The summed E-state index contributed by atoms with van der Waals surface area (Å²) in [6, 6.07) is 21.1. The van der Waals surface area contributed by atoms with E-state index in [2.05, 4.69) is 5.32 Å². The molecule has 0 unspecified atom stereocenters. The summed E-state index contributed by atoms with van der Waals surface area (Å²) in [5.41, 5.74) is 2.57. The zero-order valence-electron chi connectivity index (χ0n) is 18.8. The van der Waals surface area contributed by atoms with Crippen molar-refractivity contribution in [2.75, 3.05) is 13.2 Å². The summed E-state index contributed by atoms with van der Waals surface area (Å²) in [6.07, 6.45) is -0.0382. The van der Waals surface area contributed by atoms with Crippen LogP contribution in [0.2, 0.25) is 5.02 Å². The van der Waals surface area contributed by atoms with Crippen LogP contribution in [-0.4, -0.2) is 35.4 Å². The Labute approximate surface area is 210 Å². The molecule has 0 aliphatic heterocycles. The van der Waals surface area contributed by atoms with Gasteiger partial charge in [-0.3, -0.25) is 0 Å². The van der Waals surface area contributed by atoms with Gasteiger partial charge in [0.15, 0.2) is 6.61 Å². The second-order valence-electron chi connectivity index (χ2n) is 7.72. The molecule has 0 fully saturated rings. The van der Waals surface area contributed by atoms with Crippen LogP contribution in [0.25, 0.3) is 0 Å². The SMILES string of the molecule is C[C@H](NCCc1ccc(OCC(=O)OCc2ccccc2)cc1Cl)[C@@H](O)c1ccc(O)cc1.Cl. The molecule has 0 bridgehead atoms. The molecule has 3 aromatic rings. The number of aliphatic hydroxyl groups is 1. The highest BCUT2D eigenvalue weighted by Crippen LogP contribution is 2.24. The van der Waals surface area contributed by atoms with Crippen LogP contribution in [0.1, 0.15) is 29.7 Å². The van der Waals surface area contributed by atoms with Gasteiger partial charge in [-0.25, -0.2) is 4.79 Å². The van der Waals surface area contributed by atoms with E-state index >= 15 is 0 Å². The molecule has 0 amide bonds. The predicted octanol–water partition coefficient (Wildman–Crippen LogP) is 4.84. The number of phenolic OH excluding ortho intramolecular Hbond substituents is 1. The van der Waals surface area contributed by atoms with Crippen LogP contribution in [0.3, 0.4) is 0 Å². The maximum atomic E-state index is 11.9. The Morgan fingerprint density at radius 2 is 1.76 bits per heavy atom. The Morgan fingerprint density at radius 1 is 1.06 bits per heavy atom. The van der Waals surface area contributed by atoms with E-state index in [1.165, 1.54) is 0 Å². The van der Waals surface area contributed by atoms with Crippen molar-refractivity contribution < 1.29 is 24.5 Å². The van der Waals surface area contributed by atoms with Crippen LogP contribution >= 0.6 is 24.0 Å². The number of benzene rings is 3. The standard InChI is InChI=1S/C26H28ClNO5.ClH/c1-18(26(31)21-7-10-22(29)11-8-21)28-14-13-20-9-12-23(15-24(20)27)32-17-25(30)33-16-19-5-3-2-4-6-19;/h2-12,15,18,26,28-29,31H,13-14,16-17H2,1H3;1H/t18-,26+;/m0./s1. The predicted molar refractivity (Wildman–Crippen MR) is 135 cm³/mol. The largest absolute Gasteiger partial charge is 0.508 e. The first kappa shape index (κ1) is 27.5. The number of nitrogens with one attached hydrogen (secondary N) is 1. The molecule has 0 saturated heterocycles. The number of aliphatic hydroxyl groups excluding tert-OH is 1. The third-order valence-corrected chi connectivity index (χ3v) is 5.54. The van der Waals surface area contributed by atoms with Crippen LogP contribution < -0.4 is 10.1 Å². The second kappa shape index (κ2) is 13.8. The van der Waals surface area contributed by atoms with Crippen LogP contribution in [0.15, 0.2) is 72.8 Å². The minimum Gasteiger partial charge on any atom is -0.508 e. The molecule has 182 valence electrons. The van der Waals surface area contributed by atoms with Gasteiger partial charge in [0.05, 0.1) is 6.10 Å². The maximum absolute atomic E-state index is 11.9. The van der Waals surface area contributed by atoms with Gasteiger partial charge in [-0.05, 0) is 60.8 Å². The fraction of sp³-hybridized carbons (Fsp3) is 0.269. The highest BCUT2D eigenvalue weighted by Gasteiger charge is 2.16. The molecule has 0 saturated carbocycles. The van der Waals surface area contributed by atoms with Gasteiger partial charge in [0.1, 0.15) is 18.1 Å². The number of halogens is 2. The van der Waals surface area contributed by atoms with Crippen molar-refractivity contribution in [2.45, 2.75) is 32.1 Å². The van der Waals surface area contributed by atoms with E-state index in [-0.39, 0.29) is 37.4 Å². The second-order valence-corrected chi connectivity index (χ2v) is 8.12. The minimum absolute atomic E-state index is 0. The topological polar surface area (TPSA) is 88.0 Å². The summed E-state index contributed by atoms with van der Waals surface area (Å²) < 4.78 is 10.7. The van der Waals surface area contributed by atoms with Crippen molar-refractivity contribution in [1.82, 2.24) is 5.32 Å². The number of carbonyl (C=O) groups excluding carboxylic acids is 1. The van der Waals surface area contributed by atoms with Gasteiger partial charge in [0.25, 0.3) is 0 Å². The first-order valence-corrected chi connectivity index (χ1v) is 11.1. The van der Waals surface area contributed by atoms with Crippen LogP contribution in [0, 0.1) is 0 Å². The Morgan fingerprint density at radius 3 is 2.44 bits per heavy atom. The van der Waals surface area contributed by atoms with Gasteiger partial charge < -0.3 is 25.0 Å². The lowest BCUT2D eigenvalue weighted by molar-refractivity contribution is -0.147. The molecule has 2 atom stereocenters. The summed E-state index contributed by atoms with van der Waals surface area (Å²) in [4.78, 5) is 11.9. The van der Waals surface area contributed by atoms with E-state index in [4.69, 9.17) is 21.1 Å². The van der Waals surface area contributed by atoms with Crippen molar-refractivity contribution in [2.24, 2.45) is 0 Å². The molecule has 3 N–H and O–H groups in total. The van der Waals surface area contributed by atoms with Crippen molar-refractivity contribution in [1.29, 1.82) is 0 Å². The number of hydrogen-bond acceptors (Lipinski definition) is 6. The van der Waals surface area contributed by atoms with E-state index in [0.717, 1.165) is 16.7 Å². The first-order valence-electron chi connectivity index (χ1n) is 10.7. The number of carbonyl (C=O) groups is 1. The van der Waals surface area contributed by atoms with Gasteiger partial charge in [-0.2, -0.15) is 0 Å². The van der Waals surface area contributed by atoms with E-state index in [0.29, 0.717) is 23.7 Å². The van der Waals surface area contributed by atoms with Crippen LogP contribution in [0.5, 0.6) is 11.5 Å². The summed E-state index contributed by atoms with van der Waals surface area (Å²) in [5.74, 6) is 0.201. The first-order chi connectivity index (χ1) is 15.9. The molecule has 34 heavy (non-hydrogen) atoms. The molecule has 0 radical (unpaired) electrons. The highest BCUT2D eigenvalue weighted by atomic mass is 35.5. The smallest absolute Gasteiger partial charge is 0.344 e. The number of ether oxygens (including phenoxy) is 2. The van der Waals surface area contributed by atoms with Crippen molar-refractivity contribution in [3.8, 4) is 11.5 Å². The Balaban J connectivity index is 0.00000408. The lowest BCUT2D eigenvalue weighted by Crippen LogP contribution is -2.33. The molecule has 0 heterocycles. The van der Waals surface area contributed by atoms with Gasteiger partial charge in [-0.15, -0.1) is 12.4 Å². The van der Waals surface area contributed by atoms with Crippen LogP contribution in [-0.2, 0) is 22.6 Å². The van der Waals surface area contributed by atoms with Gasteiger partial charge >= 0.3 is 5.97 Å². The number of aromatic hydroxyl groups is 1.